The summed E-state index contributed by atoms with van der Waals surface area (Å²) in [4.78, 5) is 15.7. The summed E-state index contributed by atoms with van der Waals surface area (Å²) in [7, 11) is 0. The van der Waals surface area contributed by atoms with Gasteiger partial charge in [-0.1, -0.05) is 0 Å². The van der Waals surface area contributed by atoms with Crippen LogP contribution in [0.2, 0.25) is 0 Å². The highest BCUT2D eigenvalue weighted by atomic mass is 16.5. The first-order valence-electron chi connectivity index (χ1n) is 5.54. The van der Waals surface area contributed by atoms with Gasteiger partial charge in [0, 0.05) is 18.6 Å². The minimum Gasteiger partial charge on any atom is -0.465 e. The third-order valence-electron chi connectivity index (χ3n) is 2.76. The first kappa shape index (κ1) is 13.6. The van der Waals surface area contributed by atoms with Gasteiger partial charge in [0.15, 0.2) is 6.04 Å². The van der Waals surface area contributed by atoms with Gasteiger partial charge in [-0.3, -0.25) is 4.90 Å². The number of rotatable bonds is 2. The number of amides is 1. The Morgan fingerprint density at radius 2 is 2.24 bits per heavy atom. The molecule has 0 unspecified atom stereocenters. The molecule has 2 N–H and O–H groups in total. The van der Waals surface area contributed by atoms with Crippen LogP contribution >= 0.6 is 0 Å². The highest BCUT2D eigenvalue weighted by molar-refractivity contribution is 5.66. The van der Waals surface area contributed by atoms with Crippen molar-refractivity contribution in [2.24, 2.45) is 5.11 Å². The van der Waals surface area contributed by atoms with Crippen LogP contribution in [0.25, 0.3) is 0 Å². The molecule has 0 aromatic carbocycles. The van der Waals surface area contributed by atoms with Crippen LogP contribution in [0.3, 0.4) is 0 Å². The fourth-order valence-corrected chi connectivity index (χ4v) is 2.09. The molecule has 1 amide bonds. The van der Waals surface area contributed by atoms with Crippen molar-refractivity contribution < 1.29 is 14.6 Å². The normalized spacial score (nSPS) is 24.9. The molecule has 0 aliphatic carbocycles. The van der Waals surface area contributed by atoms with E-state index in [2.05, 4.69) is 10.0 Å². The van der Waals surface area contributed by atoms with Gasteiger partial charge in [-0.2, -0.15) is 0 Å². The number of nitrogens with zero attached hydrogens (tertiary/aromatic N) is 3. The van der Waals surface area contributed by atoms with Crippen molar-refractivity contribution in [3.8, 4) is 0 Å². The Morgan fingerprint density at radius 1 is 1.59 bits per heavy atom. The molecule has 2 atom stereocenters. The number of hydrogen-bond acceptors (Lipinski definition) is 4. The number of ether oxygens (including phenoxy) is 1. The third kappa shape index (κ3) is 3.25. The molecule has 1 aliphatic heterocycles. The summed E-state index contributed by atoms with van der Waals surface area (Å²) in [5.74, 6) is 0. The zero-order valence-corrected chi connectivity index (χ0v) is 10.4. The zero-order valence-electron chi connectivity index (χ0n) is 10.4. The molecule has 1 saturated heterocycles. The first-order valence-corrected chi connectivity index (χ1v) is 5.54. The lowest BCUT2D eigenvalue weighted by molar-refractivity contribution is -0.0202. The average Bonchev–Trinajstić information content (AvgIpc) is 2.18. The van der Waals surface area contributed by atoms with Crippen LogP contribution in [0.5, 0.6) is 0 Å². The van der Waals surface area contributed by atoms with E-state index in [0.717, 1.165) is 0 Å². The van der Waals surface area contributed by atoms with Gasteiger partial charge >= 0.3 is 6.09 Å². The molecule has 0 saturated carbocycles. The van der Waals surface area contributed by atoms with Crippen LogP contribution in [-0.4, -0.2) is 46.9 Å². The molecule has 17 heavy (non-hydrogen) atoms. The van der Waals surface area contributed by atoms with Gasteiger partial charge in [-0.15, -0.1) is 0 Å². The van der Waals surface area contributed by atoms with Crippen molar-refractivity contribution in [2.75, 3.05) is 13.2 Å². The van der Waals surface area contributed by atoms with E-state index in [9.17, 15) is 9.90 Å². The molecular weight excluding hydrogens is 224 g/mol. The fourth-order valence-electron chi connectivity index (χ4n) is 2.09. The maximum atomic E-state index is 11.3. The molecule has 0 aromatic heterocycles. The van der Waals surface area contributed by atoms with Gasteiger partial charge in [0.1, 0.15) is 10.6 Å². The molecule has 1 aliphatic rings. The maximum Gasteiger partial charge on any atom is 0.408 e. The lowest BCUT2D eigenvalue weighted by atomic mass is 9.97. The van der Waals surface area contributed by atoms with Gasteiger partial charge < -0.3 is 9.84 Å². The average molecular weight is 243 g/mol. The van der Waals surface area contributed by atoms with Crippen LogP contribution in [-0.2, 0) is 4.74 Å². The van der Waals surface area contributed by atoms with Gasteiger partial charge in [-0.25, -0.2) is 4.79 Å². The standard InChI is InChI=1S/C10H18N4O3/c1-10(2,3)14(9(15)16)8-6-17-5-4-7(8)12-13-11/h7-8,11H,4-6H2,1-3H3/p+1/t7-,8+/m1/s1. The minimum atomic E-state index is -1.00. The number of carbonyl (C=O) groups is 1. The second kappa shape index (κ2) is 5.25. The molecule has 0 radical (unpaired) electrons. The van der Waals surface area contributed by atoms with Crippen LogP contribution in [0.15, 0.2) is 5.11 Å². The summed E-state index contributed by atoms with van der Waals surface area (Å²) in [5.41, 5.74) is 6.25. The van der Waals surface area contributed by atoms with E-state index < -0.39 is 11.6 Å². The zero-order chi connectivity index (χ0) is 13.1. The van der Waals surface area contributed by atoms with Crippen LogP contribution in [0.1, 0.15) is 27.2 Å². The Bertz CT molecular complexity index is 333. The molecule has 1 rings (SSSR count). The highest BCUT2D eigenvalue weighted by Crippen LogP contribution is 2.24. The lowest BCUT2D eigenvalue weighted by Crippen LogP contribution is -2.58. The van der Waals surface area contributed by atoms with E-state index in [1.54, 1.807) is 0 Å². The molecule has 0 spiro atoms. The van der Waals surface area contributed by atoms with Crippen molar-refractivity contribution in [3.05, 3.63) is 0 Å². The largest absolute Gasteiger partial charge is 0.465 e. The Labute approximate surface area is 100.0 Å². The molecule has 7 heteroatoms. The van der Waals surface area contributed by atoms with Crippen molar-refractivity contribution >= 4 is 6.09 Å². The van der Waals surface area contributed by atoms with E-state index in [1.165, 1.54) is 4.90 Å². The summed E-state index contributed by atoms with van der Waals surface area (Å²) < 4.78 is 5.32. The minimum absolute atomic E-state index is 0.295. The van der Waals surface area contributed by atoms with Crippen molar-refractivity contribution in [3.63, 3.8) is 0 Å². The summed E-state index contributed by atoms with van der Waals surface area (Å²) >= 11 is 0. The Balaban J connectivity index is 2.98. The number of carboxylic acid groups (broad SMARTS) is 1. The van der Waals surface area contributed by atoms with E-state index in [0.29, 0.717) is 19.6 Å². The fraction of sp³-hybridized carbons (Fsp3) is 0.900. The van der Waals surface area contributed by atoms with Gasteiger partial charge in [-0.05, 0) is 20.8 Å². The predicted octanol–water partition coefficient (Wildman–Crippen LogP) is 1.47. The Morgan fingerprint density at radius 3 is 2.71 bits per heavy atom. The van der Waals surface area contributed by atoms with E-state index in [1.807, 2.05) is 20.8 Å². The highest BCUT2D eigenvalue weighted by Gasteiger charge is 2.41. The second-order valence-corrected chi connectivity index (χ2v) is 5.04. The van der Waals surface area contributed by atoms with Gasteiger partial charge in [0.2, 0.25) is 4.91 Å². The Hall–Kier alpha value is -1.46. The quantitative estimate of drug-likeness (QED) is 0.567. The molecule has 1 fully saturated rings. The summed E-state index contributed by atoms with van der Waals surface area (Å²) in [6.45, 7) is 6.30. The topological polar surface area (TPSA) is 100 Å². The smallest absolute Gasteiger partial charge is 0.408 e. The van der Waals surface area contributed by atoms with Crippen LogP contribution in [0, 0.1) is 5.53 Å². The number of hydrogen-bond donors (Lipinski definition) is 2. The van der Waals surface area contributed by atoms with Crippen molar-refractivity contribution in [1.29, 1.82) is 5.53 Å². The monoisotopic (exact) mass is 243 g/mol. The summed E-state index contributed by atoms with van der Waals surface area (Å²) in [6, 6.07) is -0.674. The third-order valence-corrected chi connectivity index (χ3v) is 2.76. The molecule has 96 valence electrons. The molecule has 1 heterocycles. The van der Waals surface area contributed by atoms with E-state index in [-0.39, 0.29) is 12.1 Å². The van der Waals surface area contributed by atoms with Crippen LogP contribution in [0.4, 0.5) is 4.79 Å². The van der Waals surface area contributed by atoms with E-state index >= 15 is 0 Å². The Kier molecular flexibility index (Phi) is 4.20. The van der Waals surface area contributed by atoms with Crippen LogP contribution < -0.4 is 4.91 Å². The van der Waals surface area contributed by atoms with Crippen molar-refractivity contribution in [2.45, 2.75) is 44.8 Å². The molecule has 0 aromatic rings. The van der Waals surface area contributed by atoms with Gasteiger partial charge in [0.25, 0.3) is 0 Å². The predicted molar refractivity (Wildman–Crippen MR) is 59.9 cm³/mol. The summed E-state index contributed by atoms with van der Waals surface area (Å²) in [5, 5.41) is 13.1. The number of nitrogens with one attached hydrogen (secondary N) is 1. The molecular formula is C10H19N4O3+. The summed E-state index contributed by atoms with van der Waals surface area (Å²) in [6.07, 6.45) is -0.411. The first-order chi connectivity index (χ1) is 7.88. The van der Waals surface area contributed by atoms with E-state index in [4.69, 9.17) is 10.3 Å². The lowest BCUT2D eigenvalue weighted by Gasteiger charge is -2.41. The second-order valence-electron chi connectivity index (χ2n) is 5.04. The SMILES string of the molecule is CC(C)(C)N(C(=O)O)[C@H]1COCC[C@H]1N=[N+]=N. The molecule has 7 nitrogen and oxygen atoms in total. The maximum absolute atomic E-state index is 11.3. The molecule has 0 bridgehead atoms. The van der Waals surface area contributed by atoms with Gasteiger partial charge in [0.05, 0.1) is 12.6 Å². The van der Waals surface area contributed by atoms with Crippen molar-refractivity contribution in [1.82, 2.24) is 9.81 Å².